The molecule has 7 nitrogen and oxygen atoms in total. The monoisotopic (exact) mass is 375 g/mol. The van der Waals surface area contributed by atoms with Crippen molar-refractivity contribution in [3.05, 3.63) is 77.7 Å². The van der Waals surface area contributed by atoms with Crippen LogP contribution in [0.5, 0.6) is 0 Å². The first-order valence-corrected chi connectivity index (χ1v) is 8.80. The molecule has 0 atom stereocenters. The van der Waals surface area contributed by atoms with Gasteiger partial charge in [-0.25, -0.2) is 9.97 Å². The maximum atomic E-state index is 12.5. The van der Waals surface area contributed by atoms with Gasteiger partial charge in [-0.05, 0) is 30.7 Å². The summed E-state index contributed by atoms with van der Waals surface area (Å²) in [5.41, 5.74) is 3.72. The topological polar surface area (TPSA) is 96.0 Å². The Morgan fingerprint density at radius 2 is 1.68 bits per heavy atom. The predicted octanol–water partition coefficient (Wildman–Crippen LogP) is 3.61. The van der Waals surface area contributed by atoms with Crippen molar-refractivity contribution in [2.75, 3.05) is 16.0 Å². The standard InChI is InChI=1S/C21H21N5O2/c1-14-5-3-6-16(9-14)12-22-20-11-19(23-13-24-20)21(28)26-18-8-4-7-17(10-18)25-15(2)27/h3-11,13H,12H2,1-2H3,(H,25,27)(H,26,28)(H,22,23,24). The van der Waals surface area contributed by atoms with Crippen molar-refractivity contribution in [1.82, 2.24) is 9.97 Å². The summed E-state index contributed by atoms with van der Waals surface area (Å²) in [5.74, 6) is 0.0261. The Morgan fingerprint density at radius 1 is 0.929 bits per heavy atom. The van der Waals surface area contributed by atoms with Crippen LogP contribution in [0.3, 0.4) is 0 Å². The first kappa shape index (κ1) is 19.0. The quantitative estimate of drug-likeness (QED) is 0.612. The van der Waals surface area contributed by atoms with Crippen LogP contribution >= 0.6 is 0 Å². The molecule has 0 aliphatic rings. The lowest BCUT2D eigenvalue weighted by Crippen LogP contribution is -2.15. The molecule has 0 aliphatic carbocycles. The highest BCUT2D eigenvalue weighted by Crippen LogP contribution is 2.16. The van der Waals surface area contributed by atoms with Crippen molar-refractivity contribution in [3.8, 4) is 0 Å². The molecule has 28 heavy (non-hydrogen) atoms. The van der Waals surface area contributed by atoms with Gasteiger partial charge in [0.2, 0.25) is 5.91 Å². The summed E-state index contributed by atoms with van der Waals surface area (Å²) in [6.45, 7) is 4.06. The van der Waals surface area contributed by atoms with E-state index in [4.69, 9.17) is 0 Å². The summed E-state index contributed by atoms with van der Waals surface area (Å²) in [5, 5.41) is 8.65. The number of carbonyl (C=O) groups excluding carboxylic acids is 2. The maximum absolute atomic E-state index is 12.5. The van der Waals surface area contributed by atoms with E-state index in [0.717, 1.165) is 5.56 Å². The van der Waals surface area contributed by atoms with Crippen LogP contribution in [0, 0.1) is 6.92 Å². The van der Waals surface area contributed by atoms with Crippen molar-refractivity contribution in [2.24, 2.45) is 0 Å². The van der Waals surface area contributed by atoms with Crippen molar-refractivity contribution in [2.45, 2.75) is 20.4 Å². The first-order valence-electron chi connectivity index (χ1n) is 8.80. The zero-order valence-corrected chi connectivity index (χ0v) is 15.7. The minimum atomic E-state index is -0.360. The molecule has 1 heterocycles. The zero-order chi connectivity index (χ0) is 19.9. The number of hydrogen-bond donors (Lipinski definition) is 3. The minimum absolute atomic E-state index is 0.177. The highest BCUT2D eigenvalue weighted by molar-refractivity contribution is 6.03. The van der Waals surface area contributed by atoms with Crippen molar-refractivity contribution >= 4 is 29.0 Å². The van der Waals surface area contributed by atoms with E-state index in [1.807, 2.05) is 25.1 Å². The molecule has 0 spiro atoms. The second-order valence-electron chi connectivity index (χ2n) is 6.35. The summed E-state index contributed by atoms with van der Waals surface area (Å²) in [6.07, 6.45) is 1.35. The van der Waals surface area contributed by atoms with Crippen LogP contribution in [0.2, 0.25) is 0 Å². The number of aryl methyl sites for hydroxylation is 1. The Morgan fingerprint density at radius 3 is 2.43 bits per heavy atom. The summed E-state index contributed by atoms with van der Waals surface area (Å²) in [6, 6.07) is 16.7. The summed E-state index contributed by atoms with van der Waals surface area (Å²) < 4.78 is 0. The first-order chi connectivity index (χ1) is 13.5. The number of amides is 2. The molecule has 2 amide bonds. The van der Waals surface area contributed by atoms with Crippen molar-refractivity contribution in [1.29, 1.82) is 0 Å². The van der Waals surface area contributed by atoms with Crippen LogP contribution in [0.4, 0.5) is 17.2 Å². The van der Waals surface area contributed by atoms with Crippen LogP contribution in [0.1, 0.15) is 28.5 Å². The van der Waals surface area contributed by atoms with E-state index in [9.17, 15) is 9.59 Å². The number of nitrogens with one attached hydrogen (secondary N) is 3. The van der Waals surface area contributed by atoms with Crippen molar-refractivity contribution < 1.29 is 9.59 Å². The molecule has 3 rings (SSSR count). The summed E-state index contributed by atoms with van der Waals surface area (Å²) in [4.78, 5) is 31.9. The molecule has 0 radical (unpaired) electrons. The Bertz CT molecular complexity index is 1000. The molecule has 3 aromatic rings. The second kappa shape index (κ2) is 8.77. The molecule has 0 fully saturated rings. The zero-order valence-electron chi connectivity index (χ0n) is 15.7. The molecule has 142 valence electrons. The lowest BCUT2D eigenvalue weighted by Gasteiger charge is -2.09. The van der Waals surface area contributed by atoms with Gasteiger partial charge in [0.1, 0.15) is 17.8 Å². The Balaban J connectivity index is 1.66. The molecule has 0 bridgehead atoms. The van der Waals surface area contributed by atoms with E-state index >= 15 is 0 Å². The number of benzene rings is 2. The summed E-state index contributed by atoms with van der Waals surface area (Å²) in [7, 11) is 0. The molecular weight excluding hydrogens is 354 g/mol. The van der Waals surface area contributed by atoms with Gasteiger partial charge >= 0.3 is 0 Å². The number of carbonyl (C=O) groups is 2. The third kappa shape index (κ3) is 5.38. The SMILES string of the molecule is CC(=O)Nc1cccc(NC(=O)c2cc(NCc3cccc(C)c3)ncn2)c1. The van der Waals surface area contributed by atoms with Crippen LogP contribution in [-0.4, -0.2) is 21.8 Å². The number of aromatic nitrogens is 2. The number of anilines is 3. The molecule has 2 aromatic carbocycles. The van der Waals surface area contributed by atoms with Gasteiger partial charge in [-0.2, -0.15) is 0 Å². The van der Waals surface area contributed by atoms with E-state index < -0.39 is 0 Å². The molecule has 0 aliphatic heterocycles. The highest BCUT2D eigenvalue weighted by Gasteiger charge is 2.10. The van der Waals surface area contributed by atoms with E-state index in [1.165, 1.54) is 18.8 Å². The van der Waals surface area contributed by atoms with Gasteiger partial charge in [-0.3, -0.25) is 9.59 Å². The number of hydrogen-bond acceptors (Lipinski definition) is 5. The van der Waals surface area contributed by atoms with Gasteiger partial charge < -0.3 is 16.0 Å². The van der Waals surface area contributed by atoms with Crippen molar-refractivity contribution in [3.63, 3.8) is 0 Å². The van der Waals surface area contributed by atoms with E-state index in [1.54, 1.807) is 30.3 Å². The smallest absolute Gasteiger partial charge is 0.274 e. The number of rotatable bonds is 6. The third-order valence-corrected chi connectivity index (χ3v) is 3.90. The van der Waals surface area contributed by atoms with E-state index in [2.05, 4.69) is 32.0 Å². The van der Waals surface area contributed by atoms with Crippen LogP contribution in [0.15, 0.2) is 60.9 Å². The molecule has 0 unspecified atom stereocenters. The number of nitrogens with zero attached hydrogens (tertiary/aromatic N) is 2. The fourth-order valence-electron chi connectivity index (χ4n) is 2.67. The third-order valence-electron chi connectivity index (χ3n) is 3.90. The Kier molecular flexibility index (Phi) is 5.96. The maximum Gasteiger partial charge on any atom is 0.274 e. The average molecular weight is 375 g/mol. The Hall–Kier alpha value is -3.74. The predicted molar refractivity (Wildman–Crippen MR) is 109 cm³/mol. The second-order valence-corrected chi connectivity index (χ2v) is 6.35. The lowest BCUT2D eigenvalue weighted by molar-refractivity contribution is -0.114. The fraction of sp³-hybridized carbons (Fsp3) is 0.143. The minimum Gasteiger partial charge on any atom is -0.366 e. The fourth-order valence-corrected chi connectivity index (χ4v) is 2.67. The van der Waals surface area contributed by atoms with E-state index in [0.29, 0.717) is 23.7 Å². The van der Waals surface area contributed by atoms with Gasteiger partial charge in [0.25, 0.3) is 5.91 Å². The molecular formula is C21H21N5O2. The Labute approximate surface area is 163 Å². The van der Waals surface area contributed by atoms with Gasteiger partial charge in [-0.1, -0.05) is 35.9 Å². The van der Waals surface area contributed by atoms with Gasteiger partial charge in [-0.15, -0.1) is 0 Å². The normalized spacial score (nSPS) is 10.2. The molecule has 0 saturated heterocycles. The van der Waals surface area contributed by atoms with Gasteiger partial charge in [0.05, 0.1) is 0 Å². The lowest BCUT2D eigenvalue weighted by atomic mass is 10.1. The highest BCUT2D eigenvalue weighted by atomic mass is 16.2. The summed E-state index contributed by atoms with van der Waals surface area (Å²) >= 11 is 0. The van der Waals surface area contributed by atoms with Gasteiger partial charge in [0.15, 0.2) is 0 Å². The van der Waals surface area contributed by atoms with Gasteiger partial charge in [0, 0.05) is 30.9 Å². The van der Waals surface area contributed by atoms with E-state index in [-0.39, 0.29) is 17.5 Å². The average Bonchev–Trinajstić information content (AvgIpc) is 2.66. The van der Waals surface area contributed by atoms with Crippen LogP contribution in [-0.2, 0) is 11.3 Å². The molecule has 0 saturated carbocycles. The molecule has 7 heteroatoms. The van der Waals surface area contributed by atoms with Crippen LogP contribution in [0.25, 0.3) is 0 Å². The largest absolute Gasteiger partial charge is 0.366 e. The van der Waals surface area contributed by atoms with Crippen LogP contribution < -0.4 is 16.0 Å². The molecule has 3 N–H and O–H groups in total. The molecule has 1 aromatic heterocycles.